The van der Waals surface area contributed by atoms with Gasteiger partial charge in [0.1, 0.15) is 18.7 Å². The number of aromatic nitrogens is 5. The fraction of sp³-hybridized carbons (Fsp3) is 0.571. The summed E-state index contributed by atoms with van der Waals surface area (Å²) in [6.07, 6.45) is 7.53. The number of rotatable bonds is 7. The van der Waals surface area contributed by atoms with Crippen molar-refractivity contribution < 1.29 is 0 Å². The zero-order valence-electron chi connectivity index (χ0n) is 13.5. The fourth-order valence-corrected chi connectivity index (χ4v) is 2.06. The first-order chi connectivity index (χ1) is 10.7. The highest BCUT2D eigenvalue weighted by Gasteiger charge is 2.02. The quantitative estimate of drug-likeness (QED) is 0.435. The molecule has 22 heavy (non-hydrogen) atoms. The Bertz CT molecular complexity index is 598. The molecule has 0 aliphatic heterocycles. The Morgan fingerprint density at radius 1 is 1.27 bits per heavy atom. The average Bonchev–Trinajstić information content (AvgIpc) is 3.09. The van der Waals surface area contributed by atoms with Crippen LogP contribution in [0.1, 0.15) is 24.7 Å². The molecular formula is C14H24N8. The summed E-state index contributed by atoms with van der Waals surface area (Å²) in [6, 6.07) is 0. The Balaban J connectivity index is 1.77. The van der Waals surface area contributed by atoms with Gasteiger partial charge in [0.15, 0.2) is 5.96 Å². The van der Waals surface area contributed by atoms with Crippen molar-refractivity contribution >= 4 is 5.96 Å². The largest absolute Gasteiger partial charge is 0.357 e. The van der Waals surface area contributed by atoms with Gasteiger partial charge in [-0.25, -0.2) is 9.98 Å². The first-order valence-corrected chi connectivity index (χ1v) is 7.51. The number of guanidine groups is 1. The lowest BCUT2D eigenvalue weighted by atomic mass is 10.2. The lowest BCUT2D eigenvalue weighted by molar-refractivity contribution is 0.694. The lowest BCUT2D eigenvalue weighted by Crippen LogP contribution is -2.37. The molecule has 8 nitrogen and oxygen atoms in total. The number of aliphatic imine (C=N–C) groups is 1. The van der Waals surface area contributed by atoms with Gasteiger partial charge < -0.3 is 10.6 Å². The summed E-state index contributed by atoms with van der Waals surface area (Å²) in [4.78, 5) is 8.69. The minimum absolute atomic E-state index is 0.508. The van der Waals surface area contributed by atoms with Crippen LogP contribution < -0.4 is 10.6 Å². The van der Waals surface area contributed by atoms with Crippen molar-refractivity contribution in [1.29, 1.82) is 0 Å². The zero-order chi connectivity index (χ0) is 15.8. The van der Waals surface area contributed by atoms with Crippen LogP contribution >= 0.6 is 0 Å². The molecule has 0 fully saturated rings. The van der Waals surface area contributed by atoms with Crippen molar-refractivity contribution in [2.75, 3.05) is 13.1 Å². The van der Waals surface area contributed by atoms with Gasteiger partial charge in [-0.1, -0.05) is 0 Å². The van der Waals surface area contributed by atoms with E-state index in [1.807, 2.05) is 31.2 Å². The normalized spacial score (nSPS) is 11.7. The summed E-state index contributed by atoms with van der Waals surface area (Å²) in [5.74, 6) is 1.64. The molecule has 8 heteroatoms. The predicted molar refractivity (Wildman–Crippen MR) is 85.4 cm³/mol. The highest BCUT2D eigenvalue weighted by Crippen LogP contribution is 2.00. The van der Waals surface area contributed by atoms with Gasteiger partial charge in [-0.05, 0) is 25.3 Å². The van der Waals surface area contributed by atoms with Crippen molar-refractivity contribution in [3.63, 3.8) is 0 Å². The average molecular weight is 304 g/mol. The van der Waals surface area contributed by atoms with Crippen LogP contribution in [0.4, 0.5) is 0 Å². The van der Waals surface area contributed by atoms with E-state index in [4.69, 9.17) is 0 Å². The van der Waals surface area contributed by atoms with Crippen LogP contribution in [0.2, 0.25) is 0 Å². The lowest BCUT2D eigenvalue weighted by Gasteiger charge is -2.10. The maximum absolute atomic E-state index is 4.52. The van der Waals surface area contributed by atoms with Gasteiger partial charge in [-0.15, -0.1) is 0 Å². The molecule has 2 rings (SSSR count). The van der Waals surface area contributed by atoms with E-state index in [-0.39, 0.29) is 0 Å². The van der Waals surface area contributed by atoms with Crippen molar-refractivity contribution in [2.24, 2.45) is 19.1 Å². The summed E-state index contributed by atoms with van der Waals surface area (Å²) in [7, 11) is 3.80. The van der Waals surface area contributed by atoms with E-state index >= 15 is 0 Å². The molecule has 0 aliphatic rings. The molecule has 120 valence electrons. The summed E-state index contributed by atoms with van der Waals surface area (Å²) in [5.41, 5.74) is 1.25. The molecule has 0 saturated carbocycles. The molecule has 0 atom stereocenters. The Morgan fingerprint density at radius 2 is 2.14 bits per heavy atom. The summed E-state index contributed by atoms with van der Waals surface area (Å²) in [6.45, 7) is 4.25. The Morgan fingerprint density at radius 3 is 2.77 bits per heavy atom. The zero-order valence-corrected chi connectivity index (χ0v) is 13.5. The second-order valence-corrected chi connectivity index (χ2v) is 5.05. The predicted octanol–water partition coefficient (Wildman–Crippen LogP) is 0.237. The molecule has 0 unspecified atom stereocenters. The molecule has 0 radical (unpaired) electrons. The standard InChI is InChI=1S/C14H24N8/c1-4-15-14(17-9-13-18-11-20-22(13)3)16-7-5-6-12-8-19-21(2)10-12/h8,10-11H,4-7,9H2,1-3H3,(H2,15,16,17). The Labute approximate surface area is 130 Å². The summed E-state index contributed by atoms with van der Waals surface area (Å²) in [5, 5.41) is 14.8. The van der Waals surface area contributed by atoms with E-state index in [0.717, 1.165) is 37.7 Å². The molecule has 2 aromatic heterocycles. The van der Waals surface area contributed by atoms with Crippen LogP contribution in [0.15, 0.2) is 23.7 Å². The first-order valence-electron chi connectivity index (χ1n) is 7.51. The number of nitrogens with zero attached hydrogens (tertiary/aromatic N) is 6. The number of hydrogen-bond acceptors (Lipinski definition) is 4. The molecule has 0 bridgehead atoms. The summed E-state index contributed by atoms with van der Waals surface area (Å²) >= 11 is 0. The highest BCUT2D eigenvalue weighted by atomic mass is 15.3. The fourth-order valence-electron chi connectivity index (χ4n) is 2.06. The third-order valence-corrected chi connectivity index (χ3v) is 3.22. The van der Waals surface area contributed by atoms with Crippen molar-refractivity contribution in [2.45, 2.75) is 26.3 Å². The number of aryl methyl sites for hydroxylation is 3. The number of nitrogens with one attached hydrogen (secondary N) is 2. The van der Waals surface area contributed by atoms with Crippen LogP contribution in [0, 0.1) is 0 Å². The van der Waals surface area contributed by atoms with E-state index in [9.17, 15) is 0 Å². The van der Waals surface area contributed by atoms with Crippen LogP contribution in [0.25, 0.3) is 0 Å². The van der Waals surface area contributed by atoms with Crippen LogP contribution in [0.5, 0.6) is 0 Å². The molecule has 2 N–H and O–H groups in total. The van der Waals surface area contributed by atoms with Crippen molar-refractivity contribution in [3.8, 4) is 0 Å². The first kappa shape index (κ1) is 16.0. The minimum atomic E-state index is 0.508. The van der Waals surface area contributed by atoms with Crippen LogP contribution in [0.3, 0.4) is 0 Å². The van der Waals surface area contributed by atoms with Gasteiger partial charge in [-0.2, -0.15) is 10.2 Å². The highest BCUT2D eigenvalue weighted by molar-refractivity contribution is 5.79. The maximum Gasteiger partial charge on any atom is 0.191 e. The monoisotopic (exact) mass is 304 g/mol. The molecular weight excluding hydrogens is 280 g/mol. The second kappa shape index (κ2) is 8.16. The van der Waals surface area contributed by atoms with E-state index in [1.165, 1.54) is 5.56 Å². The van der Waals surface area contributed by atoms with Gasteiger partial charge in [0.25, 0.3) is 0 Å². The van der Waals surface area contributed by atoms with Crippen LogP contribution in [-0.2, 0) is 27.1 Å². The van der Waals surface area contributed by atoms with Gasteiger partial charge in [0, 0.05) is 33.4 Å². The van der Waals surface area contributed by atoms with Gasteiger partial charge in [0.05, 0.1) is 6.20 Å². The smallest absolute Gasteiger partial charge is 0.191 e. The number of hydrogen-bond donors (Lipinski definition) is 2. The van der Waals surface area contributed by atoms with E-state index in [2.05, 4.69) is 37.7 Å². The molecule has 0 saturated heterocycles. The van der Waals surface area contributed by atoms with Gasteiger partial charge in [0.2, 0.25) is 0 Å². The Kier molecular flexibility index (Phi) is 5.93. The van der Waals surface area contributed by atoms with Gasteiger partial charge >= 0.3 is 0 Å². The summed E-state index contributed by atoms with van der Waals surface area (Å²) < 4.78 is 3.56. The molecule has 0 amide bonds. The van der Waals surface area contributed by atoms with Crippen LogP contribution in [-0.4, -0.2) is 43.6 Å². The third kappa shape index (κ3) is 4.87. The van der Waals surface area contributed by atoms with E-state index < -0.39 is 0 Å². The minimum Gasteiger partial charge on any atom is -0.357 e. The molecule has 0 aliphatic carbocycles. The van der Waals surface area contributed by atoms with E-state index in [0.29, 0.717) is 6.54 Å². The molecule has 0 aromatic carbocycles. The molecule has 2 aromatic rings. The topological polar surface area (TPSA) is 84.9 Å². The Hall–Kier alpha value is -2.38. The maximum atomic E-state index is 4.52. The SMILES string of the molecule is CCNC(=NCc1ncnn1C)NCCCc1cnn(C)c1. The molecule has 2 heterocycles. The molecule has 0 spiro atoms. The van der Waals surface area contributed by atoms with Crippen molar-refractivity contribution in [3.05, 3.63) is 30.1 Å². The second-order valence-electron chi connectivity index (χ2n) is 5.05. The van der Waals surface area contributed by atoms with E-state index in [1.54, 1.807) is 11.0 Å². The third-order valence-electron chi connectivity index (χ3n) is 3.22. The van der Waals surface area contributed by atoms with Crippen molar-refractivity contribution in [1.82, 2.24) is 35.2 Å². The van der Waals surface area contributed by atoms with Gasteiger partial charge in [-0.3, -0.25) is 9.36 Å².